The molecule has 0 aromatic heterocycles. The van der Waals surface area contributed by atoms with Gasteiger partial charge in [-0.25, -0.2) is 4.99 Å². The van der Waals surface area contributed by atoms with Gasteiger partial charge in [-0.05, 0) is 87.5 Å². The van der Waals surface area contributed by atoms with Crippen molar-refractivity contribution < 1.29 is 34.9 Å². The van der Waals surface area contributed by atoms with Gasteiger partial charge >= 0.3 is 0 Å². The molecule has 46 heavy (non-hydrogen) atoms. The fourth-order valence-electron chi connectivity index (χ4n) is 12.3. The van der Waals surface area contributed by atoms with Crippen LogP contribution in [0.3, 0.4) is 0 Å². The zero-order chi connectivity index (χ0) is 32.9. The van der Waals surface area contributed by atoms with Gasteiger partial charge in [-0.3, -0.25) is 4.90 Å². The van der Waals surface area contributed by atoms with Crippen molar-refractivity contribution in [2.24, 2.45) is 44.7 Å². The minimum atomic E-state index is -1.67. The summed E-state index contributed by atoms with van der Waals surface area (Å²) >= 11 is 0. The van der Waals surface area contributed by atoms with Crippen molar-refractivity contribution in [2.75, 3.05) is 39.8 Å². The Hall–Kier alpha value is -1.56. The lowest BCUT2D eigenvalue weighted by molar-refractivity contribution is -0.828. The Balaban J connectivity index is 1.41. The first-order chi connectivity index (χ1) is 22.0. The summed E-state index contributed by atoms with van der Waals surface area (Å²) in [5.41, 5.74) is 4.99. The summed E-state index contributed by atoms with van der Waals surface area (Å²) in [6.07, 6.45) is 10.8. The molecular weight excluding hydrogens is 584 g/mol. The number of carboxylic acids is 1. The standard InChI is InChI=1S/C36H60N4O6/c1-4-5-6-12-33-13-9-26(42)19-29(33)46-28(10-14-33)36(45)21-34-23(2)7-8-24(18-27(34)30(36)31(43)44)35(34)22-40(32(37)38-3)16-11-25(35)20-39-15-17-41/h23-26,28-29,39,41-42,45H,4-22H2,1-3H3,(H2,37,38)(H,43,44)/t23-,24-,25+,26-,28+,29-,33-,34+,35-,36+/m1/s1. The number of nitrogens with one attached hydrogen (secondary N) is 2. The molecule has 7 N–H and O–H groups in total. The predicted molar refractivity (Wildman–Crippen MR) is 174 cm³/mol. The van der Waals surface area contributed by atoms with Gasteiger partial charge in [-0.15, -0.1) is 0 Å². The largest absolute Gasteiger partial charge is 0.545 e. The molecule has 0 aromatic carbocycles. The number of hydrogen-bond acceptors (Lipinski definition) is 8. The number of carboxylic acid groups (broad SMARTS) is 1. The molecule has 2 bridgehead atoms. The third-order valence-corrected chi connectivity index (χ3v) is 14.3. The monoisotopic (exact) mass is 644 g/mol. The summed E-state index contributed by atoms with van der Waals surface area (Å²) < 4.78 is 6.94. The van der Waals surface area contributed by atoms with Crippen LogP contribution in [0.25, 0.3) is 0 Å². The Bertz CT molecular complexity index is 1210. The number of allylic oxidation sites excluding steroid dienone is 1. The number of aliphatic carboxylic acids is 1. The number of aliphatic hydroxyl groups is 3. The van der Waals surface area contributed by atoms with Gasteiger partial charge in [0.1, 0.15) is 5.60 Å². The Labute approximate surface area is 275 Å². The highest BCUT2D eigenvalue weighted by Gasteiger charge is 2.76. The lowest BCUT2D eigenvalue weighted by atomic mass is 9.45. The van der Waals surface area contributed by atoms with Crippen LogP contribution in [0, 0.1) is 34.0 Å². The van der Waals surface area contributed by atoms with E-state index in [0.717, 1.165) is 94.3 Å². The lowest BCUT2D eigenvalue weighted by Crippen LogP contribution is -3.19. The molecule has 0 amide bonds. The van der Waals surface area contributed by atoms with Gasteiger partial charge in [-0.2, -0.15) is 0 Å². The van der Waals surface area contributed by atoms with E-state index in [0.29, 0.717) is 38.2 Å². The SMILES string of the molecule is CCCCC[C@]12CC[C@@H](O)C[C@H]1O[C@H]([C@@]1(O)C[C@@]34C(=C1C(=O)[O-])C[C@@H](CC[C@H]3C)[C@@]41C[NH+](C(N)=NC)CC[C@H]1CNCCO)CC2. The molecule has 3 saturated carbocycles. The fraction of sp³-hybridized carbons (Fsp3) is 0.889. The number of piperidine rings is 1. The molecule has 2 saturated heterocycles. The van der Waals surface area contributed by atoms with Gasteiger partial charge in [0.25, 0.3) is 5.96 Å². The molecule has 0 radical (unpaired) electrons. The first-order valence-electron chi connectivity index (χ1n) is 18.4. The van der Waals surface area contributed by atoms with E-state index in [1.807, 2.05) is 0 Å². The summed E-state index contributed by atoms with van der Waals surface area (Å²) in [6.45, 7) is 7.37. The molecule has 11 atom stereocenters. The van der Waals surface area contributed by atoms with Crippen molar-refractivity contribution in [3.8, 4) is 0 Å². The Morgan fingerprint density at radius 1 is 1.17 bits per heavy atom. The number of hydrogen-bond donors (Lipinski definition) is 6. The van der Waals surface area contributed by atoms with Crippen molar-refractivity contribution in [2.45, 2.75) is 128 Å². The van der Waals surface area contributed by atoms with Crippen LogP contribution >= 0.6 is 0 Å². The minimum Gasteiger partial charge on any atom is -0.545 e. The fourth-order valence-corrected chi connectivity index (χ4v) is 12.3. The molecule has 2 aliphatic heterocycles. The van der Waals surface area contributed by atoms with E-state index in [1.54, 1.807) is 7.05 Å². The molecule has 4 aliphatic carbocycles. The van der Waals surface area contributed by atoms with Gasteiger partial charge in [-0.1, -0.05) is 38.7 Å². The van der Waals surface area contributed by atoms with Gasteiger partial charge in [0.05, 0.1) is 44.0 Å². The highest BCUT2D eigenvalue weighted by molar-refractivity contribution is 5.90. The van der Waals surface area contributed by atoms with E-state index in [-0.39, 0.29) is 46.9 Å². The summed E-state index contributed by atoms with van der Waals surface area (Å²) in [5.74, 6) is -0.0151. The normalized spacial score (nSPS) is 45.6. The van der Waals surface area contributed by atoms with Gasteiger partial charge in [0.15, 0.2) is 0 Å². The molecule has 1 unspecified atom stereocenters. The van der Waals surface area contributed by atoms with Crippen molar-refractivity contribution >= 4 is 11.9 Å². The van der Waals surface area contributed by atoms with Crippen molar-refractivity contribution in [1.82, 2.24) is 5.32 Å². The third-order valence-electron chi connectivity index (χ3n) is 14.3. The average Bonchev–Trinajstić information content (AvgIpc) is 3.39. The maximum absolute atomic E-state index is 13.3. The van der Waals surface area contributed by atoms with Crippen LogP contribution in [0.2, 0.25) is 0 Å². The molecule has 10 nitrogen and oxygen atoms in total. The molecular formula is C36H60N4O6. The third kappa shape index (κ3) is 5.11. The average molecular weight is 645 g/mol. The zero-order valence-corrected chi connectivity index (χ0v) is 28.5. The number of likely N-dealkylation sites (tertiary alicyclic amines) is 1. The van der Waals surface area contributed by atoms with Crippen LogP contribution in [0.1, 0.15) is 104 Å². The highest BCUT2D eigenvalue weighted by atomic mass is 16.5. The molecule has 260 valence electrons. The zero-order valence-electron chi connectivity index (χ0n) is 28.5. The predicted octanol–water partition coefficient (Wildman–Crippen LogP) is 0.681. The second-order valence-electron chi connectivity index (χ2n) is 16.1. The second-order valence-corrected chi connectivity index (χ2v) is 16.1. The van der Waals surface area contributed by atoms with Crippen molar-refractivity contribution in [3.05, 3.63) is 11.1 Å². The number of carbonyl (C=O) groups excluding carboxylic acids is 1. The van der Waals surface area contributed by atoms with E-state index < -0.39 is 29.2 Å². The molecule has 10 heteroatoms. The number of fused-ring (bicyclic) bond motifs is 1. The number of ether oxygens (including phenoxy) is 1. The number of quaternary nitrogens is 1. The van der Waals surface area contributed by atoms with Crippen LogP contribution in [-0.2, 0) is 9.53 Å². The molecule has 6 aliphatic rings. The maximum atomic E-state index is 13.3. The van der Waals surface area contributed by atoms with Gasteiger partial charge < -0.3 is 41.0 Å². The number of nitrogens with two attached hydrogens (primary N) is 1. The van der Waals surface area contributed by atoms with Crippen LogP contribution < -0.4 is 21.1 Å². The van der Waals surface area contributed by atoms with Crippen molar-refractivity contribution in [1.29, 1.82) is 0 Å². The van der Waals surface area contributed by atoms with Crippen molar-refractivity contribution in [3.63, 3.8) is 0 Å². The van der Waals surface area contributed by atoms with Gasteiger partial charge in [0, 0.05) is 42.8 Å². The van der Waals surface area contributed by atoms with E-state index >= 15 is 0 Å². The quantitative estimate of drug-likeness (QED) is 0.115. The Kier molecular flexibility index (Phi) is 9.73. The van der Waals surface area contributed by atoms with E-state index in [1.165, 1.54) is 0 Å². The number of nitrogens with zero attached hydrogens (tertiary/aromatic N) is 1. The maximum Gasteiger partial charge on any atom is 0.293 e. The number of carbonyl (C=O) groups is 1. The summed E-state index contributed by atoms with van der Waals surface area (Å²) in [5, 5.41) is 50.2. The first-order valence-corrected chi connectivity index (χ1v) is 18.4. The summed E-state index contributed by atoms with van der Waals surface area (Å²) in [4.78, 5) is 18.9. The number of aliphatic hydroxyl groups excluding tert-OH is 2. The van der Waals surface area contributed by atoms with E-state index in [2.05, 4.69) is 24.2 Å². The van der Waals surface area contributed by atoms with Crippen LogP contribution in [0.5, 0.6) is 0 Å². The van der Waals surface area contributed by atoms with Crippen LogP contribution in [0.4, 0.5) is 0 Å². The Morgan fingerprint density at radius 2 is 1.96 bits per heavy atom. The molecule has 2 spiro atoms. The summed E-state index contributed by atoms with van der Waals surface area (Å²) in [6, 6.07) is 0. The lowest BCUT2D eigenvalue weighted by Gasteiger charge is -2.61. The van der Waals surface area contributed by atoms with Gasteiger partial charge in [0.2, 0.25) is 0 Å². The molecule has 5 fully saturated rings. The van der Waals surface area contributed by atoms with E-state index in [9.17, 15) is 25.2 Å². The molecule has 6 rings (SSSR count). The minimum absolute atomic E-state index is 0.0268. The first kappa shape index (κ1) is 34.3. The summed E-state index contributed by atoms with van der Waals surface area (Å²) in [7, 11) is 1.74. The number of unbranched alkanes of at least 4 members (excludes halogenated alkanes) is 2. The van der Waals surface area contributed by atoms with Crippen LogP contribution in [-0.4, -0.2) is 91.0 Å². The highest BCUT2D eigenvalue weighted by Crippen LogP contribution is 2.77. The topological polar surface area (TPSA) is 165 Å². The number of rotatable bonds is 10. The second kappa shape index (κ2) is 13.0. The number of guanidine groups is 1. The van der Waals surface area contributed by atoms with Crippen LogP contribution in [0.15, 0.2) is 16.1 Å². The molecule has 2 heterocycles. The smallest absolute Gasteiger partial charge is 0.293 e. The number of aliphatic imine (C=N–C) groups is 1. The molecule has 0 aromatic rings. The van der Waals surface area contributed by atoms with E-state index in [4.69, 9.17) is 10.5 Å². The Morgan fingerprint density at radius 3 is 2.67 bits per heavy atom.